The smallest absolute Gasteiger partial charge is 0.330 e. The van der Waals surface area contributed by atoms with Gasteiger partial charge in [0.05, 0.1) is 0 Å². The second-order valence-electron chi connectivity index (χ2n) is 5.60. The van der Waals surface area contributed by atoms with E-state index in [1.807, 2.05) is 36.4 Å². The summed E-state index contributed by atoms with van der Waals surface area (Å²) in [5.74, 6) is -1.05. The van der Waals surface area contributed by atoms with E-state index in [0.29, 0.717) is 18.4 Å². The van der Waals surface area contributed by atoms with E-state index in [4.69, 9.17) is 0 Å². The second kappa shape index (κ2) is 8.13. The van der Waals surface area contributed by atoms with Crippen LogP contribution in [0, 0.1) is 0 Å². The van der Waals surface area contributed by atoms with Gasteiger partial charge in [-0.15, -0.1) is 0 Å². The first-order valence-electron chi connectivity index (χ1n) is 7.70. The fourth-order valence-electron chi connectivity index (χ4n) is 2.46. The van der Waals surface area contributed by atoms with Crippen molar-refractivity contribution in [1.82, 2.24) is 5.32 Å². The average molecular weight is 311 g/mol. The first kappa shape index (κ1) is 16.7. The molecule has 1 unspecified atom stereocenters. The van der Waals surface area contributed by atoms with Gasteiger partial charge in [-0.25, -0.2) is 4.79 Å². The summed E-state index contributed by atoms with van der Waals surface area (Å²) < 4.78 is 0. The van der Waals surface area contributed by atoms with Gasteiger partial charge in [0.1, 0.15) is 0 Å². The van der Waals surface area contributed by atoms with Crippen LogP contribution >= 0.6 is 0 Å². The van der Waals surface area contributed by atoms with Gasteiger partial charge in [0.15, 0.2) is 6.04 Å². The molecule has 0 saturated heterocycles. The number of aliphatic carboxylic acids is 1. The minimum absolute atomic E-state index is 0.246. The highest BCUT2D eigenvalue weighted by Crippen LogP contribution is 2.20. The van der Waals surface area contributed by atoms with Crippen molar-refractivity contribution in [2.75, 3.05) is 0 Å². The van der Waals surface area contributed by atoms with Crippen LogP contribution in [-0.4, -0.2) is 17.0 Å². The molecule has 2 N–H and O–H groups in total. The van der Waals surface area contributed by atoms with Crippen molar-refractivity contribution >= 4 is 11.9 Å². The molecule has 2 rings (SSSR count). The molecule has 23 heavy (non-hydrogen) atoms. The predicted octanol–water partition coefficient (Wildman–Crippen LogP) is 3.51. The highest BCUT2D eigenvalue weighted by Gasteiger charge is 2.21. The minimum atomic E-state index is -1.05. The molecule has 4 nitrogen and oxygen atoms in total. The van der Waals surface area contributed by atoms with Gasteiger partial charge in [-0.05, 0) is 23.5 Å². The molecule has 0 saturated carbocycles. The van der Waals surface area contributed by atoms with Crippen LogP contribution in [-0.2, 0) is 9.59 Å². The Hall–Kier alpha value is -2.62. The molecule has 4 heteroatoms. The molecule has 0 bridgehead atoms. The van der Waals surface area contributed by atoms with E-state index in [2.05, 4.69) is 12.2 Å². The maximum absolute atomic E-state index is 12.1. The Kier molecular flexibility index (Phi) is 5.92. The molecule has 0 aliphatic carbocycles. The maximum Gasteiger partial charge on any atom is 0.330 e. The number of carbonyl (C=O) groups is 2. The molecule has 120 valence electrons. The van der Waals surface area contributed by atoms with Gasteiger partial charge in [0, 0.05) is 6.42 Å². The molecule has 0 heterocycles. The molecular formula is C19H21NO3. The Morgan fingerprint density at radius 3 is 2.00 bits per heavy atom. The Morgan fingerprint density at radius 1 is 0.957 bits per heavy atom. The van der Waals surface area contributed by atoms with E-state index >= 15 is 0 Å². The van der Waals surface area contributed by atoms with Crippen molar-refractivity contribution in [3.63, 3.8) is 0 Å². The molecule has 0 radical (unpaired) electrons. The highest BCUT2D eigenvalue weighted by atomic mass is 16.4. The van der Waals surface area contributed by atoms with Gasteiger partial charge >= 0.3 is 5.97 Å². The molecule has 2 aromatic carbocycles. The molecular weight excluding hydrogens is 290 g/mol. The lowest BCUT2D eigenvalue weighted by Gasteiger charge is -2.16. The quantitative estimate of drug-likeness (QED) is 0.822. The fraction of sp³-hybridized carbons (Fsp3) is 0.263. The van der Waals surface area contributed by atoms with Crippen molar-refractivity contribution < 1.29 is 14.7 Å². The number of hydrogen-bond donors (Lipinski definition) is 2. The van der Waals surface area contributed by atoms with Crippen LogP contribution < -0.4 is 5.32 Å². The van der Waals surface area contributed by atoms with E-state index < -0.39 is 12.0 Å². The van der Waals surface area contributed by atoms with Crippen LogP contribution in [0.4, 0.5) is 0 Å². The van der Waals surface area contributed by atoms with Crippen molar-refractivity contribution in [3.8, 4) is 0 Å². The lowest BCUT2D eigenvalue weighted by atomic mass is 9.96. The van der Waals surface area contributed by atoms with Gasteiger partial charge in [-0.2, -0.15) is 0 Å². The topological polar surface area (TPSA) is 66.4 Å². The highest BCUT2D eigenvalue weighted by molar-refractivity contribution is 5.84. The SMILES string of the molecule is CC(CCC(=O)N[C@@H](C(=O)O)c1ccccc1)c1ccccc1. The number of rotatable bonds is 7. The standard InChI is InChI=1S/C19H21NO3/c1-14(15-8-4-2-5-9-15)12-13-17(21)20-18(19(22)23)16-10-6-3-7-11-16/h2-11,14,18H,12-13H2,1H3,(H,20,21)(H,22,23)/t14?,18-/m1/s1. The first-order chi connectivity index (χ1) is 11.1. The zero-order chi connectivity index (χ0) is 16.7. The largest absolute Gasteiger partial charge is 0.479 e. The number of benzene rings is 2. The Bertz CT molecular complexity index is 640. The van der Waals surface area contributed by atoms with Gasteiger partial charge in [-0.3, -0.25) is 4.79 Å². The van der Waals surface area contributed by atoms with E-state index in [1.165, 1.54) is 5.56 Å². The van der Waals surface area contributed by atoms with E-state index in [-0.39, 0.29) is 11.8 Å². The third kappa shape index (κ3) is 4.95. The molecule has 2 aromatic rings. The molecule has 0 aromatic heterocycles. The number of carbonyl (C=O) groups excluding carboxylic acids is 1. The van der Waals surface area contributed by atoms with Gasteiger partial charge in [-0.1, -0.05) is 67.6 Å². The van der Waals surface area contributed by atoms with E-state index in [0.717, 1.165) is 0 Å². The summed E-state index contributed by atoms with van der Waals surface area (Å²) in [4.78, 5) is 23.5. The Labute approximate surface area is 136 Å². The van der Waals surface area contributed by atoms with Crippen molar-refractivity contribution in [1.29, 1.82) is 0 Å². The van der Waals surface area contributed by atoms with Crippen LogP contribution in [0.25, 0.3) is 0 Å². The molecule has 0 aliphatic heterocycles. The lowest BCUT2D eigenvalue weighted by molar-refractivity contribution is -0.142. The molecule has 0 fully saturated rings. The average Bonchev–Trinajstić information content (AvgIpc) is 2.58. The van der Waals surface area contributed by atoms with Crippen LogP contribution in [0.1, 0.15) is 42.9 Å². The third-order valence-electron chi connectivity index (χ3n) is 3.86. The van der Waals surface area contributed by atoms with Crippen molar-refractivity contribution in [2.24, 2.45) is 0 Å². The van der Waals surface area contributed by atoms with E-state index in [9.17, 15) is 14.7 Å². The van der Waals surface area contributed by atoms with Crippen molar-refractivity contribution in [2.45, 2.75) is 31.7 Å². The lowest BCUT2D eigenvalue weighted by Crippen LogP contribution is -2.33. The summed E-state index contributed by atoms with van der Waals surface area (Å²) >= 11 is 0. The number of amides is 1. The van der Waals surface area contributed by atoms with Crippen molar-refractivity contribution in [3.05, 3.63) is 71.8 Å². The number of carboxylic acid groups (broad SMARTS) is 1. The summed E-state index contributed by atoms with van der Waals surface area (Å²) in [6.45, 7) is 2.06. The summed E-state index contributed by atoms with van der Waals surface area (Å²) in [7, 11) is 0. The third-order valence-corrected chi connectivity index (χ3v) is 3.86. The van der Waals surface area contributed by atoms with Crippen LogP contribution in [0.2, 0.25) is 0 Å². The monoisotopic (exact) mass is 311 g/mol. The predicted molar refractivity (Wildman–Crippen MR) is 89.1 cm³/mol. The number of carboxylic acids is 1. The zero-order valence-corrected chi connectivity index (χ0v) is 13.1. The van der Waals surface area contributed by atoms with Crippen LogP contribution in [0.15, 0.2) is 60.7 Å². The van der Waals surface area contributed by atoms with Gasteiger partial charge < -0.3 is 10.4 Å². The summed E-state index contributed by atoms with van der Waals surface area (Å²) in [6.07, 6.45) is 0.976. The molecule has 0 spiro atoms. The molecule has 2 atom stereocenters. The number of nitrogens with one attached hydrogen (secondary N) is 1. The van der Waals surface area contributed by atoms with Gasteiger partial charge in [0.2, 0.25) is 5.91 Å². The molecule has 0 aliphatic rings. The van der Waals surface area contributed by atoms with Crippen LogP contribution in [0.5, 0.6) is 0 Å². The summed E-state index contributed by atoms with van der Waals surface area (Å²) in [5.41, 5.74) is 1.75. The minimum Gasteiger partial charge on any atom is -0.479 e. The zero-order valence-electron chi connectivity index (χ0n) is 13.1. The van der Waals surface area contributed by atoms with Gasteiger partial charge in [0.25, 0.3) is 0 Å². The Morgan fingerprint density at radius 2 is 1.48 bits per heavy atom. The first-order valence-corrected chi connectivity index (χ1v) is 7.70. The van der Waals surface area contributed by atoms with Crippen LogP contribution in [0.3, 0.4) is 0 Å². The maximum atomic E-state index is 12.1. The fourth-order valence-corrected chi connectivity index (χ4v) is 2.46. The number of hydrogen-bond acceptors (Lipinski definition) is 2. The van der Waals surface area contributed by atoms with E-state index in [1.54, 1.807) is 24.3 Å². The summed E-state index contributed by atoms with van der Waals surface area (Å²) in [5, 5.41) is 11.9. The summed E-state index contributed by atoms with van der Waals surface area (Å²) in [6, 6.07) is 17.7. The normalized spacial score (nSPS) is 13.1. The molecule has 1 amide bonds. The Balaban J connectivity index is 1.91. The second-order valence-corrected chi connectivity index (χ2v) is 5.60.